The van der Waals surface area contributed by atoms with Gasteiger partial charge in [0.15, 0.2) is 11.5 Å². The van der Waals surface area contributed by atoms with Crippen LogP contribution >= 0.6 is 0 Å². The van der Waals surface area contributed by atoms with E-state index in [9.17, 15) is 9.59 Å². The SMILES string of the molecule is CCOc1cc(C(=O)N=C2C=CC3C(=C2)NC(=O)C=C3C(C)(C)C)cc(OCC)c1OCC. The highest BCUT2D eigenvalue weighted by Crippen LogP contribution is 2.40. The molecule has 2 amide bonds. The Morgan fingerprint density at radius 1 is 1.00 bits per heavy atom. The van der Waals surface area contributed by atoms with Gasteiger partial charge in [0.05, 0.1) is 25.5 Å². The van der Waals surface area contributed by atoms with Crippen LogP contribution in [0.4, 0.5) is 0 Å². The van der Waals surface area contributed by atoms with E-state index >= 15 is 0 Å². The zero-order chi connectivity index (χ0) is 24.2. The number of rotatable bonds is 7. The second-order valence-electron chi connectivity index (χ2n) is 8.72. The number of nitrogens with zero attached hydrogens (tertiary/aromatic N) is 1. The Balaban J connectivity index is 1.95. The number of carbonyl (C=O) groups is 2. The summed E-state index contributed by atoms with van der Waals surface area (Å²) in [6.07, 6.45) is 7.18. The third-order valence-electron chi connectivity index (χ3n) is 5.24. The van der Waals surface area contributed by atoms with E-state index in [4.69, 9.17) is 14.2 Å². The van der Waals surface area contributed by atoms with Crippen molar-refractivity contribution in [2.75, 3.05) is 19.8 Å². The lowest BCUT2D eigenvalue weighted by molar-refractivity contribution is -0.116. The predicted octanol–water partition coefficient (Wildman–Crippen LogP) is 4.64. The molecule has 33 heavy (non-hydrogen) atoms. The highest BCUT2D eigenvalue weighted by Gasteiger charge is 2.32. The molecule has 1 unspecified atom stereocenters. The minimum atomic E-state index is -0.441. The third kappa shape index (κ3) is 5.53. The Morgan fingerprint density at radius 2 is 1.61 bits per heavy atom. The molecule has 1 N–H and O–H groups in total. The smallest absolute Gasteiger partial charge is 0.277 e. The molecule has 0 saturated carbocycles. The summed E-state index contributed by atoms with van der Waals surface area (Å²) in [4.78, 5) is 29.5. The fourth-order valence-electron chi connectivity index (χ4n) is 3.84. The van der Waals surface area contributed by atoms with Crippen LogP contribution in [0.5, 0.6) is 17.2 Å². The monoisotopic (exact) mass is 452 g/mol. The highest BCUT2D eigenvalue weighted by molar-refractivity contribution is 6.14. The number of aliphatic imine (C=N–C) groups is 1. The average Bonchev–Trinajstić information content (AvgIpc) is 2.74. The van der Waals surface area contributed by atoms with Crippen LogP contribution < -0.4 is 19.5 Å². The van der Waals surface area contributed by atoms with Crippen molar-refractivity contribution in [2.24, 2.45) is 16.3 Å². The van der Waals surface area contributed by atoms with E-state index in [0.29, 0.717) is 48.3 Å². The minimum Gasteiger partial charge on any atom is -0.490 e. The van der Waals surface area contributed by atoms with Crippen molar-refractivity contribution >= 4 is 17.5 Å². The molecule has 0 aromatic heterocycles. The number of amides is 2. The van der Waals surface area contributed by atoms with E-state index < -0.39 is 5.91 Å². The normalized spacial score (nSPS) is 18.8. The first kappa shape index (κ1) is 24.3. The number of benzene rings is 1. The molecule has 7 nitrogen and oxygen atoms in total. The first-order valence-corrected chi connectivity index (χ1v) is 11.3. The second kappa shape index (κ2) is 10.1. The molecule has 2 aliphatic rings. The van der Waals surface area contributed by atoms with Crippen molar-refractivity contribution < 1.29 is 23.8 Å². The van der Waals surface area contributed by atoms with Crippen LogP contribution in [-0.2, 0) is 4.79 Å². The molecule has 0 saturated heterocycles. The molecule has 7 heteroatoms. The van der Waals surface area contributed by atoms with E-state index in [1.54, 1.807) is 24.3 Å². The van der Waals surface area contributed by atoms with Crippen LogP contribution in [0.2, 0.25) is 0 Å². The van der Waals surface area contributed by atoms with Crippen molar-refractivity contribution in [3.05, 3.63) is 53.3 Å². The summed E-state index contributed by atoms with van der Waals surface area (Å²) >= 11 is 0. The summed E-state index contributed by atoms with van der Waals surface area (Å²) < 4.78 is 17.1. The topological polar surface area (TPSA) is 86.2 Å². The summed E-state index contributed by atoms with van der Waals surface area (Å²) in [5.74, 6) is 0.689. The van der Waals surface area contributed by atoms with Gasteiger partial charge in [-0.05, 0) is 56.0 Å². The second-order valence-corrected chi connectivity index (χ2v) is 8.72. The fourth-order valence-corrected chi connectivity index (χ4v) is 3.84. The van der Waals surface area contributed by atoms with Crippen LogP contribution in [-0.4, -0.2) is 37.3 Å². The van der Waals surface area contributed by atoms with Crippen LogP contribution in [0.15, 0.2) is 52.7 Å². The van der Waals surface area contributed by atoms with Crippen molar-refractivity contribution in [2.45, 2.75) is 41.5 Å². The van der Waals surface area contributed by atoms with E-state index in [-0.39, 0.29) is 17.2 Å². The zero-order valence-corrected chi connectivity index (χ0v) is 20.2. The highest BCUT2D eigenvalue weighted by atomic mass is 16.5. The summed E-state index contributed by atoms with van der Waals surface area (Å²) in [5.41, 5.74) is 2.37. The van der Waals surface area contributed by atoms with Crippen molar-refractivity contribution in [1.82, 2.24) is 5.32 Å². The Morgan fingerprint density at radius 3 is 2.15 bits per heavy atom. The predicted molar refractivity (Wildman–Crippen MR) is 128 cm³/mol. The van der Waals surface area contributed by atoms with E-state index in [1.807, 2.05) is 32.9 Å². The van der Waals surface area contributed by atoms with Crippen LogP contribution in [0.1, 0.15) is 51.9 Å². The molecule has 0 bridgehead atoms. The van der Waals surface area contributed by atoms with Gasteiger partial charge < -0.3 is 19.5 Å². The number of fused-ring (bicyclic) bond motifs is 1. The minimum absolute atomic E-state index is 0.0451. The van der Waals surface area contributed by atoms with Crippen molar-refractivity contribution in [3.8, 4) is 17.2 Å². The van der Waals surface area contributed by atoms with Gasteiger partial charge in [0.1, 0.15) is 0 Å². The maximum absolute atomic E-state index is 13.0. The molecule has 1 atom stereocenters. The molecule has 1 aromatic rings. The average molecular weight is 453 g/mol. The van der Waals surface area contributed by atoms with Crippen molar-refractivity contribution in [3.63, 3.8) is 0 Å². The van der Waals surface area contributed by atoms with Crippen LogP contribution in [0, 0.1) is 11.3 Å². The number of hydrogen-bond donors (Lipinski definition) is 1. The van der Waals surface area contributed by atoms with Gasteiger partial charge in [-0.15, -0.1) is 0 Å². The number of hydrogen-bond acceptors (Lipinski definition) is 5. The quantitative estimate of drug-likeness (QED) is 0.652. The summed E-state index contributed by atoms with van der Waals surface area (Å²) in [6, 6.07) is 3.24. The molecule has 1 aromatic carbocycles. The lowest BCUT2D eigenvalue weighted by Gasteiger charge is -2.34. The van der Waals surface area contributed by atoms with Gasteiger partial charge in [0.25, 0.3) is 5.91 Å². The molecule has 0 radical (unpaired) electrons. The number of nitrogens with one attached hydrogen (secondary N) is 1. The Labute approximate surface area is 195 Å². The first-order chi connectivity index (χ1) is 15.7. The molecule has 1 aliphatic carbocycles. The Hall–Kier alpha value is -3.35. The Bertz CT molecular complexity index is 1030. The van der Waals surface area contributed by atoms with Crippen molar-refractivity contribution in [1.29, 1.82) is 0 Å². The standard InChI is InChI=1S/C26H32N2O5/c1-7-31-21-12-16(13-22(32-8-2)24(21)33-9-3)25(30)27-17-10-11-18-19(26(4,5)6)15-23(29)28-20(18)14-17/h10-15,18H,7-9H2,1-6H3,(H,28,29). The van der Waals surface area contributed by atoms with Gasteiger partial charge in [0.2, 0.25) is 11.7 Å². The lowest BCUT2D eigenvalue weighted by Crippen LogP contribution is -2.36. The van der Waals surface area contributed by atoms with Gasteiger partial charge in [0, 0.05) is 23.3 Å². The van der Waals surface area contributed by atoms with E-state index in [0.717, 1.165) is 11.3 Å². The molecule has 0 spiro atoms. The Kier molecular flexibility index (Phi) is 7.41. The summed E-state index contributed by atoms with van der Waals surface area (Å²) in [7, 11) is 0. The number of ether oxygens (including phenoxy) is 3. The number of allylic oxidation sites excluding steroid dienone is 3. The summed E-state index contributed by atoms with van der Waals surface area (Å²) in [5, 5.41) is 2.88. The van der Waals surface area contributed by atoms with Gasteiger partial charge in [-0.3, -0.25) is 9.59 Å². The summed E-state index contributed by atoms with van der Waals surface area (Å²) in [6.45, 7) is 13.1. The molecule has 1 aliphatic heterocycles. The number of carbonyl (C=O) groups excluding carboxylic acids is 2. The van der Waals surface area contributed by atoms with Gasteiger partial charge in [-0.1, -0.05) is 26.8 Å². The molecule has 3 rings (SSSR count). The first-order valence-electron chi connectivity index (χ1n) is 11.3. The molecular weight excluding hydrogens is 420 g/mol. The van der Waals surface area contributed by atoms with Gasteiger partial charge >= 0.3 is 0 Å². The molecule has 0 fully saturated rings. The maximum atomic E-state index is 13.0. The zero-order valence-electron chi connectivity index (χ0n) is 20.2. The largest absolute Gasteiger partial charge is 0.490 e. The van der Waals surface area contributed by atoms with E-state index in [1.165, 1.54) is 0 Å². The van der Waals surface area contributed by atoms with E-state index in [2.05, 4.69) is 31.1 Å². The van der Waals surface area contributed by atoms with Crippen LogP contribution in [0.25, 0.3) is 0 Å². The lowest BCUT2D eigenvalue weighted by atomic mass is 9.74. The third-order valence-corrected chi connectivity index (χ3v) is 5.24. The van der Waals surface area contributed by atoms with Gasteiger partial charge in [-0.25, -0.2) is 4.99 Å². The van der Waals surface area contributed by atoms with Gasteiger partial charge in [-0.2, -0.15) is 0 Å². The molecular formula is C26H32N2O5. The molecule has 1 heterocycles. The van der Waals surface area contributed by atoms with Crippen LogP contribution in [0.3, 0.4) is 0 Å². The molecule has 176 valence electrons. The fraction of sp³-hybridized carbons (Fsp3) is 0.423. The maximum Gasteiger partial charge on any atom is 0.277 e.